The minimum absolute atomic E-state index is 0.317. The van der Waals surface area contributed by atoms with Crippen LogP contribution in [0.2, 0.25) is 0 Å². The van der Waals surface area contributed by atoms with Crippen LogP contribution in [-0.4, -0.2) is 14.3 Å². The Bertz CT molecular complexity index is 625. The van der Waals surface area contributed by atoms with Crippen LogP contribution in [0, 0.1) is 18.8 Å². The summed E-state index contributed by atoms with van der Waals surface area (Å²) < 4.78 is 28.1. The highest BCUT2D eigenvalue weighted by Crippen LogP contribution is 2.47. The lowest BCUT2D eigenvalue weighted by Gasteiger charge is -2.32. The molecule has 0 aliphatic heterocycles. The summed E-state index contributed by atoms with van der Waals surface area (Å²) in [6.07, 6.45) is 2.16. The highest BCUT2D eigenvalue weighted by molar-refractivity contribution is 8.25. The zero-order valence-corrected chi connectivity index (χ0v) is 14.9. The van der Waals surface area contributed by atoms with Gasteiger partial charge in [0.1, 0.15) is 5.76 Å². The van der Waals surface area contributed by atoms with Crippen molar-refractivity contribution in [2.24, 2.45) is 11.8 Å². The van der Waals surface area contributed by atoms with E-state index in [4.69, 9.17) is 4.52 Å². The van der Waals surface area contributed by atoms with Crippen LogP contribution < -0.4 is 4.72 Å². The third-order valence-corrected chi connectivity index (χ3v) is 5.72. The molecule has 0 saturated carbocycles. The monoisotopic (exact) mass is 338 g/mol. The molecule has 5 nitrogen and oxygen atoms in total. The molecule has 2 atom stereocenters. The van der Waals surface area contributed by atoms with Gasteiger partial charge in [0, 0.05) is 6.07 Å². The smallest absolute Gasteiger partial charge is 0.187 e. The van der Waals surface area contributed by atoms with E-state index in [0.29, 0.717) is 28.3 Å². The molecule has 0 amide bonds. The molecule has 128 valence electrons. The largest absolute Gasteiger partial charge is 0.360 e. The number of anilines is 1. The summed E-state index contributed by atoms with van der Waals surface area (Å²) in [6, 6.07) is 9.05. The van der Waals surface area contributed by atoms with Crippen LogP contribution in [0.3, 0.4) is 0 Å². The average Bonchev–Trinajstić information content (AvgIpc) is 2.91. The molecule has 0 saturated heterocycles. The number of hydrogen-bond acceptors (Lipinski definition) is 5. The fourth-order valence-electron chi connectivity index (χ4n) is 2.41. The van der Waals surface area contributed by atoms with Gasteiger partial charge >= 0.3 is 0 Å². The van der Waals surface area contributed by atoms with E-state index in [2.05, 4.69) is 30.6 Å². The maximum atomic E-state index is 10.3. The third-order valence-electron chi connectivity index (χ3n) is 4.30. The quantitative estimate of drug-likeness (QED) is 0.634. The van der Waals surface area contributed by atoms with Crippen LogP contribution in [0.25, 0.3) is 0 Å². The van der Waals surface area contributed by atoms with Crippen molar-refractivity contribution in [3.05, 3.63) is 41.7 Å². The number of aromatic nitrogens is 1. The SMILES string of the molecule is CCC(C)C(C)Cc1ccc(S(O)(O)Nc2cc(C)on2)cc1. The first-order chi connectivity index (χ1) is 10.8. The van der Waals surface area contributed by atoms with Gasteiger partial charge in [-0.05, 0) is 42.9 Å². The third kappa shape index (κ3) is 4.73. The number of nitrogens with one attached hydrogen (secondary N) is 1. The molecule has 0 radical (unpaired) electrons. The van der Waals surface area contributed by atoms with Crippen molar-refractivity contribution in [3.8, 4) is 0 Å². The first kappa shape index (κ1) is 17.8. The summed E-state index contributed by atoms with van der Waals surface area (Å²) in [4.78, 5) is 0.443. The first-order valence-corrected chi connectivity index (χ1v) is 9.44. The van der Waals surface area contributed by atoms with Crippen LogP contribution in [0.15, 0.2) is 39.8 Å². The predicted octanol–water partition coefficient (Wildman–Crippen LogP) is 5.34. The van der Waals surface area contributed by atoms with Gasteiger partial charge in [0.25, 0.3) is 0 Å². The molecule has 1 heterocycles. The molecule has 3 N–H and O–H groups in total. The zero-order chi connectivity index (χ0) is 17.0. The zero-order valence-electron chi connectivity index (χ0n) is 14.1. The van der Waals surface area contributed by atoms with Crippen molar-refractivity contribution < 1.29 is 13.6 Å². The lowest BCUT2D eigenvalue weighted by Crippen LogP contribution is -2.11. The summed E-state index contributed by atoms with van der Waals surface area (Å²) in [7, 11) is -3.14. The molecular weight excluding hydrogens is 312 g/mol. The van der Waals surface area contributed by atoms with E-state index in [0.717, 1.165) is 6.42 Å². The van der Waals surface area contributed by atoms with Crippen molar-refractivity contribution in [3.63, 3.8) is 0 Å². The van der Waals surface area contributed by atoms with Crippen LogP contribution in [0.1, 0.15) is 38.5 Å². The minimum Gasteiger partial charge on any atom is -0.360 e. The van der Waals surface area contributed by atoms with Gasteiger partial charge in [-0.25, -0.2) is 0 Å². The maximum Gasteiger partial charge on any atom is 0.187 e. The predicted molar refractivity (Wildman–Crippen MR) is 94.7 cm³/mol. The Labute approximate surface area is 139 Å². The van der Waals surface area contributed by atoms with E-state index in [1.807, 2.05) is 12.1 Å². The number of aryl methyl sites for hydroxylation is 1. The molecule has 0 aliphatic rings. The second kappa shape index (κ2) is 7.38. The van der Waals surface area contributed by atoms with Crippen molar-refractivity contribution in [2.75, 3.05) is 4.72 Å². The van der Waals surface area contributed by atoms with E-state index in [1.165, 1.54) is 12.0 Å². The lowest BCUT2D eigenvalue weighted by molar-refractivity contribution is 0.375. The lowest BCUT2D eigenvalue weighted by atomic mass is 9.88. The van der Waals surface area contributed by atoms with E-state index in [1.54, 1.807) is 25.1 Å². The molecule has 0 fully saturated rings. The molecule has 1 aromatic heterocycles. The van der Waals surface area contributed by atoms with Crippen molar-refractivity contribution >= 4 is 16.6 Å². The Balaban J connectivity index is 2.05. The first-order valence-electron chi connectivity index (χ1n) is 7.90. The average molecular weight is 338 g/mol. The highest BCUT2D eigenvalue weighted by atomic mass is 32.3. The molecular formula is C17H26N2O3S. The van der Waals surface area contributed by atoms with Gasteiger partial charge in [0.05, 0.1) is 4.90 Å². The summed E-state index contributed by atoms with van der Waals surface area (Å²) >= 11 is 0. The van der Waals surface area contributed by atoms with Crippen molar-refractivity contribution in [1.82, 2.24) is 5.16 Å². The number of hydrogen-bond donors (Lipinski definition) is 3. The Morgan fingerprint density at radius 1 is 1.17 bits per heavy atom. The van der Waals surface area contributed by atoms with E-state index >= 15 is 0 Å². The van der Waals surface area contributed by atoms with Gasteiger partial charge in [-0.15, -0.1) is 0 Å². The summed E-state index contributed by atoms with van der Waals surface area (Å²) in [5.41, 5.74) is 1.20. The van der Waals surface area contributed by atoms with E-state index in [9.17, 15) is 9.11 Å². The molecule has 0 bridgehead atoms. The molecule has 2 rings (SSSR count). The highest BCUT2D eigenvalue weighted by Gasteiger charge is 2.18. The second-order valence-electron chi connectivity index (χ2n) is 6.18. The molecule has 2 aromatic rings. The maximum absolute atomic E-state index is 10.3. The Morgan fingerprint density at radius 2 is 1.83 bits per heavy atom. The van der Waals surface area contributed by atoms with E-state index < -0.39 is 10.8 Å². The Morgan fingerprint density at radius 3 is 2.35 bits per heavy atom. The summed E-state index contributed by atoms with van der Waals surface area (Å²) in [6.45, 7) is 8.47. The van der Waals surface area contributed by atoms with Crippen LogP contribution >= 0.6 is 10.8 Å². The van der Waals surface area contributed by atoms with Gasteiger partial charge in [-0.3, -0.25) is 13.8 Å². The van der Waals surface area contributed by atoms with Gasteiger partial charge in [-0.1, -0.05) is 55.3 Å². The van der Waals surface area contributed by atoms with Gasteiger partial charge in [-0.2, -0.15) is 0 Å². The minimum atomic E-state index is -3.14. The number of nitrogens with zero attached hydrogens (tertiary/aromatic N) is 1. The fraction of sp³-hybridized carbons (Fsp3) is 0.471. The molecule has 2 unspecified atom stereocenters. The van der Waals surface area contributed by atoms with Crippen LogP contribution in [-0.2, 0) is 6.42 Å². The van der Waals surface area contributed by atoms with Gasteiger partial charge in [0.15, 0.2) is 5.82 Å². The summed E-state index contributed by atoms with van der Waals surface area (Å²) in [5.74, 6) is 2.20. The van der Waals surface area contributed by atoms with Crippen LogP contribution in [0.5, 0.6) is 0 Å². The number of benzene rings is 1. The van der Waals surface area contributed by atoms with Crippen molar-refractivity contribution in [1.29, 1.82) is 0 Å². The molecule has 1 aromatic carbocycles. The molecule has 23 heavy (non-hydrogen) atoms. The van der Waals surface area contributed by atoms with Crippen molar-refractivity contribution in [2.45, 2.75) is 45.4 Å². The molecule has 0 aliphatic carbocycles. The number of rotatable bonds is 7. The second-order valence-corrected chi connectivity index (χ2v) is 7.96. The Hall–Kier alpha value is -1.50. The van der Waals surface area contributed by atoms with E-state index in [-0.39, 0.29) is 0 Å². The standard InChI is InChI=1S/C17H26N2O3S/c1-5-12(2)13(3)10-15-6-8-16(9-7-15)23(20,21)19-17-11-14(4)22-18-17/h6-9,11-13,20-21H,5,10H2,1-4H3,(H,18,19). The topological polar surface area (TPSA) is 78.5 Å². The summed E-state index contributed by atoms with van der Waals surface area (Å²) in [5, 5.41) is 3.73. The molecule has 0 spiro atoms. The van der Waals surface area contributed by atoms with Gasteiger partial charge in [0.2, 0.25) is 0 Å². The normalized spacial score (nSPS) is 15.2. The Kier molecular flexibility index (Phi) is 5.73. The fourth-order valence-corrected chi connectivity index (χ4v) is 3.43. The van der Waals surface area contributed by atoms with Gasteiger partial charge < -0.3 is 4.52 Å². The van der Waals surface area contributed by atoms with Crippen LogP contribution in [0.4, 0.5) is 5.82 Å². The molecule has 6 heteroatoms.